The van der Waals surface area contributed by atoms with Crippen LogP contribution in [0.3, 0.4) is 0 Å². The van der Waals surface area contributed by atoms with Crippen molar-refractivity contribution < 1.29 is 0 Å². The maximum absolute atomic E-state index is 4.17. The van der Waals surface area contributed by atoms with Gasteiger partial charge in [-0.05, 0) is 26.0 Å². The predicted octanol–water partition coefficient (Wildman–Crippen LogP) is 1.70. The van der Waals surface area contributed by atoms with Gasteiger partial charge in [-0.25, -0.2) is 0 Å². The summed E-state index contributed by atoms with van der Waals surface area (Å²) in [5.41, 5.74) is 2.18. The Morgan fingerprint density at radius 1 is 1.12 bits per heavy atom. The summed E-state index contributed by atoms with van der Waals surface area (Å²) in [5, 5.41) is 0. The van der Waals surface area contributed by atoms with Crippen molar-refractivity contribution in [1.29, 1.82) is 0 Å². The first-order chi connectivity index (χ1) is 3.79. The molecule has 0 N–H and O–H groups in total. The van der Waals surface area contributed by atoms with Crippen molar-refractivity contribution in [3.8, 4) is 0 Å². The number of rotatable bonds is 0. The molecule has 0 aliphatic rings. The molecule has 1 aromatic heterocycles. The van der Waals surface area contributed by atoms with Gasteiger partial charge in [-0.1, -0.05) is 6.07 Å². The van der Waals surface area contributed by atoms with Gasteiger partial charge in [0, 0.05) is 11.4 Å². The summed E-state index contributed by atoms with van der Waals surface area (Å²) >= 11 is 0. The van der Waals surface area contributed by atoms with Crippen LogP contribution in [0.4, 0.5) is 0 Å². The minimum Gasteiger partial charge on any atom is -0.258 e. The van der Waals surface area contributed by atoms with E-state index in [2.05, 4.69) is 4.98 Å². The van der Waals surface area contributed by atoms with Gasteiger partial charge in [0.05, 0.1) is 0 Å². The van der Waals surface area contributed by atoms with Gasteiger partial charge < -0.3 is 0 Å². The molecule has 0 aromatic carbocycles. The van der Waals surface area contributed by atoms with E-state index in [1.165, 1.54) is 0 Å². The number of hydrogen-bond acceptors (Lipinski definition) is 1. The van der Waals surface area contributed by atoms with E-state index in [1.54, 1.807) is 0 Å². The minimum absolute atomic E-state index is 1.09. The molecule has 42 valence electrons. The quantitative estimate of drug-likeness (QED) is 0.493. The summed E-state index contributed by atoms with van der Waals surface area (Å²) in [7, 11) is 0. The van der Waals surface area contributed by atoms with Crippen LogP contribution < -0.4 is 0 Å². The third kappa shape index (κ3) is 1.06. The van der Waals surface area contributed by atoms with Gasteiger partial charge >= 0.3 is 0 Å². The maximum atomic E-state index is 4.17. The zero-order valence-electron chi connectivity index (χ0n) is 5.18. The first-order valence-corrected chi connectivity index (χ1v) is 2.69. The molecule has 1 aromatic rings. The Morgan fingerprint density at radius 3 is 1.88 bits per heavy atom. The van der Waals surface area contributed by atoms with Gasteiger partial charge in [-0.15, -0.1) is 0 Å². The van der Waals surface area contributed by atoms with Crippen molar-refractivity contribution in [2.24, 2.45) is 0 Å². The van der Waals surface area contributed by atoms with Gasteiger partial charge in [0.1, 0.15) is 0 Å². The first kappa shape index (κ1) is 5.29. The fourth-order valence-corrected chi connectivity index (χ4v) is 0.679. The lowest BCUT2D eigenvalue weighted by Gasteiger charge is -1.90. The Morgan fingerprint density at radius 2 is 1.62 bits per heavy atom. The summed E-state index contributed by atoms with van der Waals surface area (Å²) < 4.78 is 0. The maximum Gasteiger partial charge on any atom is 0.0375 e. The predicted molar refractivity (Wildman–Crippen MR) is 33.7 cm³/mol. The molecule has 1 rings (SSSR count). The zero-order valence-corrected chi connectivity index (χ0v) is 5.18. The van der Waals surface area contributed by atoms with Gasteiger partial charge in [0.15, 0.2) is 0 Å². The monoisotopic (exact) mass is 108 g/mol. The summed E-state index contributed by atoms with van der Waals surface area (Å²) in [6.45, 7) is 3.99. The smallest absolute Gasteiger partial charge is 0.0375 e. The van der Waals surface area contributed by atoms with Crippen molar-refractivity contribution in [3.05, 3.63) is 29.6 Å². The number of pyridine rings is 1. The van der Waals surface area contributed by atoms with Crippen molar-refractivity contribution in [2.75, 3.05) is 0 Å². The molecule has 8 heavy (non-hydrogen) atoms. The third-order valence-electron chi connectivity index (χ3n) is 1.03. The Balaban J connectivity index is 3.08. The van der Waals surface area contributed by atoms with E-state index in [1.807, 2.05) is 32.0 Å². The largest absolute Gasteiger partial charge is 0.258 e. The van der Waals surface area contributed by atoms with E-state index in [0.717, 1.165) is 11.4 Å². The standard InChI is InChI=1S/C7H9N/c1-6-4-3-5-7(2)8-6/h3-5H,1-2H3/i8+1. The molecule has 0 aliphatic carbocycles. The van der Waals surface area contributed by atoms with Crippen LogP contribution in [-0.4, -0.2) is 4.98 Å². The van der Waals surface area contributed by atoms with Crippen LogP contribution in [0.2, 0.25) is 0 Å². The van der Waals surface area contributed by atoms with E-state index < -0.39 is 0 Å². The second-order valence-corrected chi connectivity index (χ2v) is 1.92. The third-order valence-corrected chi connectivity index (χ3v) is 1.03. The first-order valence-electron chi connectivity index (χ1n) is 2.69. The highest BCUT2D eigenvalue weighted by molar-refractivity contribution is 5.07. The molecule has 0 fully saturated rings. The van der Waals surface area contributed by atoms with E-state index in [9.17, 15) is 0 Å². The van der Waals surface area contributed by atoms with Crippen LogP contribution in [0.25, 0.3) is 0 Å². The molecule has 1 heteroatoms. The molecule has 0 unspecified atom stereocenters. The van der Waals surface area contributed by atoms with E-state index in [0.29, 0.717) is 0 Å². The fraction of sp³-hybridized carbons (Fsp3) is 0.286. The number of hydrogen-bond donors (Lipinski definition) is 0. The Kier molecular flexibility index (Phi) is 1.29. The number of aryl methyl sites for hydroxylation is 2. The normalized spacial score (nSPS) is 9.25. The molecule has 0 saturated heterocycles. The van der Waals surface area contributed by atoms with Gasteiger partial charge in [-0.2, -0.15) is 0 Å². The van der Waals surface area contributed by atoms with Crippen LogP contribution in [0.15, 0.2) is 18.2 Å². The molecule has 0 spiro atoms. The van der Waals surface area contributed by atoms with Crippen molar-refractivity contribution in [3.63, 3.8) is 0 Å². The second kappa shape index (κ2) is 1.95. The second-order valence-electron chi connectivity index (χ2n) is 1.92. The molecule has 0 radical (unpaired) electrons. The van der Waals surface area contributed by atoms with Crippen molar-refractivity contribution in [1.82, 2.24) is 4.98 Å². The number of aromatic nitrogens is 1. The lowest BCUT2D eigenvalue weighted by atomic mass is 10.3. The summed E-state index contributed by atoms with van der Waals surface area (Å²) in [6.07, 6.45) is 0. The Labute approximate surface area is 49.4 Å². The van der Waals surface area contributed by atoms with E-state index >= 15 is 0 Å². The van der Waals surface area contributed by atoms with Crippen molar-refractivity contribution >= 4 is 0 Å². The SMILES string of the molecule is Cc1cccc(C)[15n]1. The molecule has 0 saturated carbocycles. The molecule has 1 nitrogen and oxygen atoms in total. The molecule has 1 heterocycles. The summed E-state index contributed by atoms with van der Waals surface area (Å²) in [4.78, 5) is 4.17. The molecule has 0 atom stereocenters. The van der Waals surface area contributed by atoms with Gasteiger partial charge in [0.2, 0.25) is 0 Å². The van der Waals surface area contributed by atoms with Crippen molar-refractivity contribution in [2.45, 2.75) is 13.8 Å². The summed E-state index contributed by atoms with van der Waals surface area (Å²) in [6, 6.07) is 6.00. The lowest BCUT2D eigenvalue weighted by molar-refractivity contribution is 1.12. The van der Waals surface area contributed by atoms with Crippen LogP contribution in [-0.2, 0) is 0 Å². The molecular formula is C7H9N. The topological polar surface area (TPSA) is 12.9 Å². The lowest BCUT2D eigenvalue weighted by Crippen LogP contribution is -1.81. The summed E-state index contributed by atoms with van der Waals surface area (Å²) in [5.74, 6) is 0. The highest BCUT2D eigenvalue weighted by Gasteiger charge is 1.82. The highest BCUT2D eigenvalue weighted by atomic mass is 15.5. The molecule has 0 bridgehead atoms. The van der Waals surface area contributed by atoms with Crippen LogP contribution in [0, 0.1) is 13.8 Å². The van der Waals surface area contributed by atoms with Crippen LogP contribution >= 0.6 is 0 Å². The van der Waals surface area contributed by atoms with Crippen LogP contribution in [0.5, 0.6) is 0 Å². The molecular weight excluding hydrogens is 99.1 g/mol. The average Bonchev–Trinajstić information content (AvgIpc) is 1.64. The van der Waals surface area contributed by atoms with Gasteiger partial charge in [-0.3, -0.25) is 4.98 Å². The minimum atomic E-state index is 1.09. The Hall–Kier alpha value is -0.850. The number of nitrogens with zero attached hydrogens (tertiary/aromatic N) is 1. The fourth-order valence-electron chi connectivity index (χ4n) is 0.679. The van der Waals surface area contributed by atoms with E-state index in [-0.39, 0.29) is 0 Å². The average molecular weight is 108 g/mol. The Bertz CT molecular complexity index is 164. The molecule has 0 amide bonds. The zero-order chi connectivity index (χ0) is 5.98. The molecule has 0 aliphatic heterocycles. The van der Waals surface area contributed by atoms with Gasteiger partial charge in [0.25, 0.3) is 0 Å². The van der Waals surface area contributed by atoms with E-state index in [4.69, 9.17) is 0 Å². The highest BCUT2D eigenvalue weighted by Crippen LogP contribution is 1.93. The van der Waals surface area contributed by atoms with Crippen LogP contribution in [0.1, 0.15) is 11.4 Å².